The highest BCUT2D eigenvalue weighted by Crippen LogP contribution is 2.35. The Morgan fingerprint density at radius 3 is 2.56 bits per heavy atom. The number of ether oxygens (including phenoxy) is 2. The number of hydrogen-bond donors (Lipinski definition) is 1. The van der Waals surface area contributed by atoms with Gasteiger partial charge in [-0.05, 0) is 35.7 Å². The van der Waals surface area contributed by atoms with Crippen molar-refractivity contribution in [3.8, 4) is 22.8 Å². The van der Waals surface area contributed by atoms with E-state index < -0.39 is 17.8 Å². The molecule has 11 heteroatoms. The highest BCUT2D eigenvalue weighted by Gasteiger charge is 2.35. The molecule has 0 unspecified atom stereocenters. The van der Waals surface area contributed by atoms with Gasteiger partial charge in [0.2, 0.25) is 0 Å². The van der Waals surface area contributed by atoms with Crippen molar-refractivity contribution in [2.75, 3.05) is 14.2 Å². The molecule has 4 aromatic rings. The predicted molar refractivity (Wildman–Crippen MR) is 112 cm³/mol. The van der Waals surface area contributed by atoms with Crippen molar-refractivity contribution in [2.24, 2.45) is 0 Å². The highest BCUT2D eigenvalue weighted by molar-refractivity contribution is 7.09. The maximum absolute atomic E-state index is 13.8. The number of carbonyl (C=O) groups excluding carboxylic acids is 1. The van der Waals surface area contributed by atoms with Crippen LogP contribution in [0.25, 0.3) is 16.9 Å². The molecule has 0 aliphatic heterocycles. The molecule has 0 aliphatic carbocycles. The maximum atomic E-state index is 13.8. The molecule has 7 nitrogen and oxygen atoms in total. The van der Waals surface area contributed by atoms with Crippen LogP contribution in [-0.4, -0.2) is 34.7 Å². The molecule has 0 saturated heterocycles. The van der Waals surface area contributed by atoms with Crippen LogP contribution >= 0.6 is 11.3 Å². The average molecular weight is 462 g/mol. The number of rotatable bonds is 6. The topological polar surface area (TPSA) is 77.8 Å². The van der Waals surface area contributed by atoms with E-state index in [4.69, 9.17) is 9.47 Å². The summed E-state index contributed by atoms with van der Waals surface area (Å²) in [5.74, 6) is 0.189. The zero-order chi connectivity index (χ0) is 22.9. The van der Waals surface area contributed by atoms with Gasteiger partial charge < -0.3 is 14.8 Å². The number of nitrogens with zero attached hydrogens (tertiary/aromatic N) is 3. The Hall–Kier alpha value is -3.60. The van der Waals surface area contributed by atoms with E-state index in [0.717, 1.165) is 10.9 Å². The van der Waals surface area contributed by atoms with Crippen LogP contribution in [0.1, 0.15) is 21.1 Å². The first kappa shape index (κ1) is 21.6. The average Bonchev–Trinajstić information content (AvgIpc) is 3.45. The van der Waals surface area contributed by atoms with Gasteiger partial charge in [0, 0.05) is 16.5 Å². The van der Waals surface area contributed by atoms with E-state index >= 15 is 0 Å². The fraction of sp³-hybridized carbons (Fsp3) is 0.190. The van der Waals surface area contributed by atoms with E-state index in [-0.39, 0.29) is 23.6 Å². The number of alkyl halides is 3. The van der Waals surface area contributed by atoms with Crippen molar-refractivity contribution in [1.82, 2.24) is 19.9 Å². The van der Waals surface area contributed by atoms with Crippen molar-refractivity contribution in [1.29, 1.82) is 0 Å². The molecule has 0 spiro atoms. The van der Waals surface area contributed by atoms with Crippen molar-refractivity contribution >= 4 is 22.9 Å². The molecule has 32 heavy (non-hydrogen) atoms. The van der Waals surface area contributed by atoms with E-state index in [2.05, 4.69) is 15.4 Å². The number of nitrogens with one attached hydrogen (secondary N) is 1. The number of benzene rings is 1. The Kier molecular flexibility index (Phi) is 5.74. The summed E-state index contributed by atoms with van der Waals surface area (Å²) in [5, 5.41) is 8.37. The predicted octanol–water partition coefficient (Wildman–Crippen LogP) is 4.42. The molecule has 1 N–H and O–H groups in total. The number of carbonyl (C=O) groups is 1. The van der Waals surface area contributed by atoms with E-state index in [0.29, 0.717) is 21.6 Å². The highest BCUT2D eigenvalue weighted by atomic mass is 32.1. The lowest BCUT2D eigenvalue weighted by atomic mass is 10.1. The second kappa shape index (κ2) is 8.50. The first-order valence-electron chi connectivity index (χ1n) is 9.31. The van der Waals surface area contributed by atoms with Gasteiger partial charge >= 0.3 is 6.18 Å². The lowest BCUT2D eigenvalue weighted by Gasteiger charge is -2.12. The van der Waals surface area contributed by atoms with Crippen molar-refractivity contribution in [3.05, 3.63) is 64.1 Å². The van der Waals surface area contributed by atoms with Gasteiger partial charge in [-0.2, -0.15) is 18.3 Å². The van der Waals surface area contributed by atoms with Gasteiger partial charge in [0.15, 0.2) is 28.5 Å². The van der Waals surface area contributed by atoms with Gasteiger partial charge in [0.05, 0.1) is 26.5 Å². The van der Waals surface area contributed by atoms with Crippen LogP contribution in [0.2, 0.25) is 0 Å². The molecule has 1 amide bonds. The summed E-state index contributed by atoms with van der Waals surface area (Å²) >= 11 is 1.46. The van der Waals surface area contributed by atoms with Crippen molar-refractivity contribution < 1.29 is 27.4 Å². The van der Waals surface area contributed by atoms with Crippen LogP contribution < -0.4 is 14.8 Å². The van der Waals surface area contributed by atoms with Gasteiger partial charge in [0.25, 0.3) is 5.91 Å². The summed E-state index contributed by atoms with van der Waals surface area (Å²) in [7, 11) is 2.89. The second-order valence-corrected chi connectivity index (χ2v) is 7.69. The van der Waals surface area contributed by atoms with Crippen LogP contribution in [0.4, 0.5) is 13.2 Å². The van der Waals surface area contributed by atoms with Crippen LogP contribution in [-0.2, 0) is 12.7 Å². The molecular formula is C21H17F3N4O3S. The molecule has 0 aliphatic rings. The lowest BCUT2D eigenvalue weighted by Crippen LogP contribution is -2.23. The number of fused-ring (bicyclic) bond motifs is 1. The number of methoxy groups -OCH3 is 2. The third-order valence-electron chi connectivity index (χ3n) is 4.63. The Bertz CT molecular complexity index is 1270. The quantitative estimate of drug-likeness (QED) is 0.459. The molecule has 3 heterocycles. The van der Waals surface area contributed by atoms with Gasteiger partial charge in [-0.3, -0.25) is 4.79 Å². The molecule has 0 bridgehead atoms. The SMILES string of the molecule is COc1ccc(-c2cc(C(F)(F)F)n3nc(C(=O)NCc4cccs4)cc3n2)cc1OC. The van der Waals surface area contributed by atoms with Crippen LogP contribution in [0.3, 0.4) is 0 Å². The number of halogens is 3. The fourth-order valence-electron chi connectivity index (χ4n) is 3.10. The first-order valence-corrected chi connectivity index (χ1v) is 10.2. The minimum absolute atomic E-state index is 0.0521. The maximum Gasteiger partial charge on any atom is 0.433 e. The fourth-order valence-corrected chi connectivity index (χ4v) is 3.75. The van der Waals surface area contributed by atoms with E-state index in [1.165, 1.54) is 37.7 Å². The van der Waals surface area contributed by atoms with E-state index in [9.17, 15) is 18.0 Å². The molecule has 3 aromatic heterocycles. The molecule has 0 fully saturated rings. The largest absolute Gasteiger partial charge is 0.493 e. The number of hydrogen-bond acceptors (Lipinski definition) is 6. The molecule has 166 valence electrons. The summed E-state index contributed by atoms with van der Waals surface area (Å²) in [6.07, 6.45) is -4.72. The minimum Gasteiger partial charge on any atom is -0.493 e. The standard InChI is InChI=1S/C21H17F3N4O3S/c1-30-16-6-5-12(8-17(16)31-2)14-9-18(21(22,23)24)28-19(26-14)10-15(27-28)20(29)25-11-13-4-3-7-32-13/h3-10H,11H2,1-2H3,(H,25,29). The molecular weight excluding hydrogens is 445 g/mol. The summed E-state index contributed by atoms with van der Waals surface area (Å²) in [5.41, 5.74) is -0.878. The Morgan fingerprint density at radius 1 is 1.12 bits per heavy atom. The van der Waals surface area contributed by atoms with Crippen molar-refractivity contribution in [3.63, 3.8) is 0 Å². The summed E-state index contributed by atoms with van der Waals surface area (Å²) in [4.78, 5) is 17.7. The van der Waals surface area contributed by atoms with Crippen LogP contribution in [0.15, 0.2) is 47.8 Å². The number of thiophene rings is 1. The summed E-state index contributed by atoms with van der Waals surface area (Å²) in [6.45, 7) is 0.251. The summed E-state index contributed by atoms with van der Waals surface area (Å²) in [6, 6.07) is 10.5. The third-order valence-corrected chi connectivity index (χ3v) is 5.51. The molecule has 4 rings (SSSR count). The Labute approximate surface area is 184 Å². The minimum atomic E-state index is -4.72. The van der Waals surface area contributed by atoms with Crippen LogP contribution in [0.5, 0.6) is 11.5 Å². The van der Waals surface area contributed by atoms with Gasteiger partial charge in [-0.25, -0.2) is 9.50 Å². The zero-order valence-electron chi connectivity index (χ0n) is 16.9. The Balaban J connectivity index is 1.75. The van der Waals surface area contributed by atoms with Gasteiger partial charge in [0.1, 0.15) is 0 Å². The third kappa shape index (κ3) is 4.24. The monoisotopic (exact) mass is 462 g/mol. The molecule has 0 radical (unpaired) electrons. The lowest BCUT2D eigenvalue weighted by molar-refractivity contribution is -0.142. The first-order chi connectivity index (χ1) is 15.3. The molecule has 1 aromatic carbocycles. The van der Waals surface area contributed by atoms with Gasteiger partial charge in [-0.1, -0.05) is 6.07 Å². The van der Waals surface area contributed by atoms with Crippen molar-refractivity contribution in [2.45, 2.75) is 12.7 Å². The van der Waals surface area contributed by atoms with E-state index in [1.807, 2.05) is 17.5 Å². The zero-order valence-corrected chi connectivity index (χ0v) is 17.8. The van der Waals surface area contributed by atoms with E-state index in [1.54, 1.807) is 12.1 Å². The smallest absolute Gasteiger partial charge is 0.433 e. The number of amides is 1. The van der Waals surface area contributed by atoms with Gasteiger partial charge in [-0.15, -0.1) is 11.3 Å². The normalized spacial score (nSPS) is 11.5. The van der Waals surface area contributed by atoms with Crippen LogP contribution in [0, 0.1) is 0 Å². The second-order valence-electron chi connectivity index (χ2n) is 6.66. The summed E-state index contributed by atoms with van der Waals surface area (Å²) < 4.78 is 52.4. The molecule has 0 saturated carbocycles. The molecule has 0 atom stereocenters. The number of aromatic nitrogens is 3. The Morgan fingerprint density at radius 2 is 1.91 bits per heavy atom.